The Morgan fingerprint density at radius 2 is 1.79 bits per heavy atom. The lowest BCUT2D eigenvalue weighted by Crippen LogP contribution is -2.56. The van der Waals surface area contributed by atoms with Crippen molar-refractivity contribution < 1.29 is 24.3 Å². The number of nitrogens with one attached hydrogen (secondary N) is 2. The van der Waals surface area contributed by atoms with Crippen molar-refractivity contribution in [1.29, 1.82) is 0 Å². The van der Waals surface area contributed by atoms with Crippen molar-refractivity contribution in [3.63, 3.8) is 0 Å². The molecular weight excluding hydrogens is 374 g/mol. The second-order valence-corrected chi connectivity index (χ2v) is 7.93. The van der Waals surface area contributed by atoms with Gasteiger partial charge in [-0.15, -0.1) is 0 Å². The van der Waals surface area contributed by atoms with Crippen LogP contribution in [0.25, 0.3) is 0 Å². The summed E-state index contributed by atoms with van der Waals surface area (Å²) in [5, 5.41) is 15.9. The van der Waals surface area contributed by atoms with Crippen LogP contribution < -0.4 is 10.6 Å². The zero-order chi connectivity index (χ0) is 22.0. The number of aryl methyl sites for hydroxylation is 1. The van der Waals surface area contributed by atoms with Gasteiger partial charge in [-0.3, -0.25) is 19.6 Å². The Morgan fingerprint density at radius 3 is 2.31 bits per heavy atom. The molecule has 3 N–H and O–H groups in total. The number of hydrogen-bond acceptors (Lipinski definition) is 5. The molecule has 162 valence electrons. The first-order chi connectivity index (χ1) is 13.6. The van der Waals surface area contributed by atoms with Crippen LogP contribution in [0.4, 0.5) is 0 Å². The summed E-state index contributed by atoms with van der Waals surface area (Å²) >= 11 is 0. The molecule has 0 saturated heterocycles. The van der Waals surface area contributed by atoms with Crippen molar-refractivity contribution in [3.05, 3.63) is 35.9 Å². The molecule has 0 aliphatic heterocycles. The van der Waals surface area contributed by atoms with Gasteiger partial charge in [-0.2, -0.15) is 0 Å². The summed E-state index contributed by atoms with van der Waals surface area (Å²) in [6.45, 7) is 5.64. The highest BCUT2D eigenvalue weighted by molar-refractivity contribution is 5.91. The summed E-state index contributed by atoms with van der Waals surface area (Å²) < 4.78 is 5.11. The lowest BCUT2D eigenvalue weighted by atomic mass is 9.85. The molecule has 0 aliphatic carbocycles. The first kappa shape index (κ1) is 24.6. The van der Waals surface area contributed by atoms with Crippen molar-refractivity contribution >= 4 is 17.7 Å². The van der Waals surface area contributed by atoms with Crippen molar-refractivity contribution in [3.8, 4) is 0 Å². The minimum Gasteiger partial charge on any atom is -0.371 e. The summed E-state index contributed by atoms with van der Waals surface area (Å²) in [5.74, 6) is -1.71. The summed E-state index contributed by atoms with van der Waals surface area (Å²) in [4.78, 5) is 37.0. The van der Waals surface area contributed by atoms with E-state index in [1.807, 2.05) is 30.3 Å². The highest BCUT2D eigenvalue weighted by atomic mass is 16.5. The van der Waals surface area contributed by atoms with Crippen molar-refractivity contribution in [1.82, 2.24) is 15.7 Å². The van der Waals surface area contributed by atoms with Crippen LogP contribution in [-0.4, -0.2) is 60.8 Å². The molecule has 0 aliphatic rings. The normalized spacial score (nSPS) is 13.3. The molecular formula is C21H33N3O5. The third kappa shape index (κ3) is 7.83. The van der Waals surface area contributed by atoms with Gasteiger partial charge in [-0.05, 0) is 23.8 Å². The minimum absolute atomic E-state index is 0.248. The second-order valence-electron chi connectivity index (χ2n) is 7.93. The molecule has 2 atom stereocenters. The third-order valence-electron chi connectivity index (χ3n) is 4.52. The number of rotatable bonds is 10. The maximum Gasteiger partial charge on any atom is 0.276 e. The summed E-state index contributed by atoms with van der Waals surface area (Å²) in [6, 6.07) is 8.81. The van der Waals surface area contributed by atoms with E-state index in [-0.39, 0.29) is 12.3 Å². The van der Waals surface area contributed by atoms with Gasteiger partial charge in [0.1, 0.15) is 12.1 Å². The van der Waals surface area contributed by atoms with Gasteiger partial charge in [-0.1, -0.05) is 51.1 Å². The number of nitrogens with zero attached hydrogens (tertiary/aromatic N) is 1. The first-order valence-corrected chi connectivity index (χ1v) is 9.68. The predicted molar refractivity (Wildman–Crippen MR) is 109 cm³/mol. The molecule has 0 spiro atoms. The van der Waals surface area contributed by atoms with Gasteiger partial charge >= 0.3 is 0 Å². The molecule has 0 radical (unpaired) electrons. The van der Waals surface area contributed by atoms with Crippen LogP contribution >= 0.6 is 0 Å². The van der Waals surface area contributed by atoms with Gasteiger partial charge in [0.2, 0.25) is 11.8 Å². The van der Waals surface area contributed by atoms with Gasteiger partial charge in [0.15, 0.2) is 0 Å². The van der Waals surface area contributed by atoms with Gasteiger partial charge in [-0.25, -0.2) is 5.06 Å². The molecule has 0 bridgehead atoms. The number of hydrogen-bond donors (Lipinski definition) is 3. The molecule has 0 unspecified atom stereocenters. The molecule has 3 amide bonds. The average Bonchev–Trinajstić information content (AvgIpc) is 2.68. The molecule has 1 aromatic rings. The van der Waals surface area contributed by atoms with Crippen LogP contribution in [0.5, 0.6) is 0 Å². The second kappa shape index (κ2) is 11.5. The molecule has 8 heteroatoms. The molecule has 0 aromatic heterocycles. The molecule has 29 heavy (non-hydrogen) atoms. The smallest absolute Gasteiger partial charge is 0.276 e. The molecule has 1 rings (SSSR count). The van der Waals surface area contributed by atoms with Crippen LogP contribution in [0.2, 0.25) is 0 Å². The largest absolute Gasteiger partial charge is 0.371 e. The van der Waals surface area contributed by atoms with Gasteiger partial charge < -0.3 is 15.4 Å². The fourth-order valence-electron chi connectivity index (χ4n) is 2.96. The minimum atomic E-state index is -1.19. The van der Waals surface area contributed by atoms with Crippen molar-refractivity contribution in [2.45, 2.75) is 52.2 Å². The van der Waals surface area contributed by atoms with E-state index in [1.54, 1.807) is 20.8 Å². The van der Waals surface area contributed by atoms with Crippen LogP contribution in [0.3, 0.4) is 0 Å². The van der Waals surface area contributed by atoms with E-state index in [0.717, 1.165) is 12.8 Å². The molecule has 8 nitrogen and oxygen atoms in total. The summed E-state index contributed by atoms with van der Waals surface area (Å²) in [6.07, 6.45) is 0.152. The average molecular weight is 408 g/mol. The Labute approximate surface area is 172 Å². The third-order valence-corrected chi connectivity index (χ3v) is 4.52. The van der Waals surface area contributed by atoms with Crippen molar-refractivity contribution in [2.24, 2.45) is 5.41 Å². The molecule has 1 aromatic carbocycles. The number of ether oxygens (including phenoxy) is 1. The molecule has 0 fully saturated rings. The number of hydroxylamine groups is 2. The number of likely N-dealkylation sites (N-methyl/N-ethyl adjacent to an activating group) is 1. The predicted octanol–water partition coefficient (Wildman–Crippen LogP) is 1.52. The monoisotopic (exact) mass is 407 g/mol. The van der Waals surface area contributed by atoms with E-state index in [1.165, 1.54) is 19.7 Å². The first-order valence-electron chi connectivity index (χ1n) is 9.68. The lowest BCUT2D eigenvalue weighted by Gasteiger charge is -2.35. The highest BCUT2D eigenvalue weighted by Gasteiger charge is 2.41. The molecule has 0 saturated carbocycles. The van der Waals surface area contributed by atoms with Gasteiger partial charge in [0.25, 0.3) is 5.91 Å². The van der Waals surface area contributed by atoms with Crippen molar-refractivity contribution in [2.75, 3.05) is 20.7 Å². The van der Waals surface area contributed by atoms with Crippen LogP contribution in [0.15, 0.2) is 30.3 Å². The topological polar surface area (TPSA) is 108 Å². The number of carbonyl (C=O) groups excluding carboxylic acids is 3. The van der Waals surface area contributed by atoms with Crippen LogP contribution in [-0.2, 0) is 25.5 Å². The zero-order valence-electron chi connectivity index (χ0n) is 17.9. The lowest BCUT2D eigenvalue weighted by molar-refractivity contribution is -0.198. The van der Waals surface area contributed by atoms with E-state index in [0.29, 0.717) is 11.6 Å². The molecule has 0 heterocycles. The standard InChI is InChI=1S/C21H33N3O5/c1-21(2,3)18(19(26)22-4)24(28)20(27)16(29-5)14-17(25)23-13-9-12-15-10-7-6-8-11-15/h6-8,10-11,16,18,28H,9,12-14H2,1-5H3,(H,22,26)(H,23,25)/t16-,18+/m0/s1. The van der Waals surface area contributed by atoms with E-state index >= 15 is 0 Å². The number of benzene rings is 1. The summed E-state index contributed by atoms with van der Waals surface area (Å²) in [5.41, 5.74) is 0.465. The summed E-state index contributed by atoms with van der Waals surface area (Å²) in [7, 11) is 2.71. The maximum atomic E-state index is 12.6. The van der Waals surface area contributed by atoms with Gasteiger partial charge in [0.05, 0.1) is 6.42 Å². The zero-order valence-corrected chi connectivity index (χ0v) is 17.9. The highest BCUT2D eigenvalue weighted by Crippen LogP contribution is 2.24. The maximum absolute atomic E-state index is 12.6. The Balaban J connectivity index is 2.60. The van der Waals surface area contributed by atoms with Crippen LogP contribution in [0, 0.1) is 5.41 Å². The van der Waals surface area contributed by atoms with E-state index in [2.05, 4.69) is 10.6 Å². The Hall–Kier alpha value is -2.45. The SMILES string of the molecule is CNC(=O)[C@@H](N(O)C(=O)[C@H](CC(=O)NCCCc1ccccc1)OC)C(C)(C)C. The Kier molecular flexibility index (Phi) is 9.77. The van der Waals surface area contributed by atoms with E-state index in [4.69, 9.17) is 4.74 Å². The Bertz CT molecular complexity index is 673. The quantitative estimate of drug-likeness (QED) is 0.310. The fourth-order valence-corrected chi connectivity index (χ4v) is 2.96. The fraction of sp³-hybridized carbons (Fsp3) is 0.571. The number of methoxy groups -OCH3 is 1. The van der Waals surface area contributed by atoms with E-state index in [9.17, 15) is 19.6 Å². The number of carbonyl (C=O) groups is 3. The number of amides is 3. The van der Waals surface area contributed by atoms with Crippen LogP contribution in [0.1, 0.15) is 39.2 Å². The Morgan fingerprint density at radius 1 is 1.17 bits per heavy atom. The van der Waals surface area contributed by atoms with E-state index < -0.39 is 29.4 Å². The van der Waals surface area contributed by atoms with Gasteiger partial charge in [0, 0.05) is 20.7 Å².